The molecule has 0 saturated carbocycles. The number of hydrogen-bond donors (Lipinski definition) is 0. The van der Waals surface area contributed by atoms with E-state index in [0.717, 1.165) is 16.1 Å². The summed E-state index contributed by atoms with van der Waals surface area (Å²) in [4.78, 5) is 0. The molecule has 1 aromatic rings. The molecule has 60 valence electrons. The third-order valence-corrected chi connectivity index (χ3v) is 2.08. The summed E-state index contributed by atoms with van der Waals surface area (Å²) < 4.78 is 7.43. The van der Waals surface area contributed by atoms with E-state index in [9.17, 15) is 0 Å². The first-order valence-corrected chi connectivity index (χ1v) is 4.17. The standard InChI is InChI=1S/C10H13Cl/c1-7(2)10-8(3)5-4-6-9(10)11/h4-7H,1-3H3/i4D. The van der Waals surface area contributed by atoms with Crippen molar-refractivity contribution in [1.29, 1.82) is 0 Å². The highest BCUT2D eigenvalue weighted by Gasteiger charge is 2.06. The minimum Gasteiger partial charge on any atom is -0.0840 e. The average molecular weight is 170 g/mol. The largest absolute Gasteiger partial charge is 0.0840 e. The van der Waals surface area contributed by atoms with Crippen LogP contribution in [0, 0.1) is 6.92 Å². The fraction of sp³-hybridized carbons (Fsp3) is 0.400. The molecule has 0 aliphatic rings. The zero-order chi connectivity index (χ0) is 9.30. The summed E-state index contributed by atoms with van der Waals surface area (Å²) in [6.07, 6.45) is 0. The highest BCUT2D eigenvalue weighted by atomic mass is 35.5. The van der Waals surface area contributed by atoms with Crippen molar-refractivity contribution < 1.29 is 1.37 Å². The SMILES string of the molecule is [2H]c1cc(C)c(C(C)C)c(Cl)c1. The Morgan fingerprint density at radius 2 is 2.09 bits per heavy atom. The number of benzene rings is 1. The van der Waals surface area contributed by atoms with Gasteiger partial charge in [-0.05, 0) is 30.0 Å². The maximum atomic E-state index is 7.43. The van der Waals surface area contributed by atoms with Crippen LogP contribution in [0.3, 0.4) is 0 Å². The summed E-state index contributed by atoms with van der Waals surface area (Å²) in [5.74, 6) is 0.429. The van der Waals surface area contributed by atoms with E-state index in [2.05, 4.69) is 13.8 Å². The molecule has 0 radical (unpaired) electrons. The van der Waals surface area contributed by atoms with Gasteiger partial charge in [-0.15, -0.1) is 0 Å². The number of aryl methyl sites for hydroxylation is 1. The van der Waals surface area contributed by atoms with Crippen LogP contribution in [0.2, 0.25) is 5.02 Å². The third-order valence-electron chi connectivity index (χ3n) is 1.77. The van der Waals surface area contributed by atoms with E-state index in [0.29, 0.717) is 12.0 Å². The zero-order valence-corrected chi connectivity index (χ0v) is 7.87. The van der Waals surface area contributed by atoms with Gasteiger partial charge in [-0.2, -0.15) is 0 Å². The van der Waals surface area contributed by atoms with Gasteiger partial charge in [-0.1, -0.05) is 37.6 Å². The van der Waals surface area contributed by atoms with Gasteiger partial charge >= 0.3 is 0 Å². The smallest absolute Gasteiger partial charge is 0.0623 e. The quantitative estimate of drug-likeness (QED) is 0.601. The summed E-state index contributed by atoms with van der Waals surface area (Å²) in [5.41, 5.74) is 2.27. The van der Waals surface area contributed by atoms with Gasteiger partial charge in [0.05, 0.1) is 1.37 Å². The molecular weight excluding hydrogens is 156 g/mol. The molecule has 0 spiro atoms. The van der Waals surface area contributed by atoms with Crippen molar-refractivity contribution in [2.45, 2.75) is 26.7 Å². The molecule has 0 aliphatic carbocycles. The van der Waals surface area contributed by atoms with Crippen molar-refractivity contribution in [2.75, 3.05) is 0 Å². The molecule has 0 aliphatic heterocycles. The molecule has 0 heterocycles. The Kier molecular flexibility index (Phi) is 2.13. The number of hydrogen-bond acceptors (Lipinski definition) is 0. The maximum absolute atomic E-state index is 7.43. The van der Waals surface area contributed by atoms with E-state index >= 15 is 0 Å². The monoisotopic (exact) mass is 169 g/mol. The van der Waals surface area contributed by atoms with Crippen LogP contribution in [0.25, 0.3) is 0 Å². The van der Waals surface area contributed by atoms with Crippen molar-refractivity contribution in [3.63, 3.8) is 0 Å². The summed E-state index contributed by atoms with van der Waals surface area (Å²) >= 11 is 6.01. The van der Waals surface area contributed by atoms with Gasteiger partial charge in [-0.25, -0.2) is 0 Å². The van der Waals surface area contributed by atoms with Crippen molar-refractivity contribution in [3.05, 3.63) is 34.3 Å². The first-order valence-electron chi connectivity index (χ1n) is 4.29. The lowest BCUT2D eigenvalue weighted by Crippen LogP contribution is -1.92. The molecule has 0 unspecified atom stereocenters. The van der Waals surface area contributed by atoms with Crippen molar-refractivity contribution in [3.8, 4) is 0 Å². The molecule has 0 atom stereocenters. The van der Waals surface area contributed by atoms with Gasteiger partial charge in [-0.3, -0.25) is 0 Å². The second-order valence-corrected chi connectivity index (χ2v) is 3.46. The van der Waals surface area contributed by atoms with Gasteiger partial charge in [0.15, 0.2) is 0 Å². The van der Waals surface area contributed by atoms with Crippen molar-refractivity contribution in [1.82, 2.24) is 0 Å². The zero-order valence-electron chi connectivity index (χ0n) is 8.11. The lowest BCUT2D eigenvalue weighted by Gasteiger charge is -2.10. The molecular formula is C10H13Cl. The minimum atomic E-state index is 0.429. The highest BCUT2D eigenvalue weighted by molar-refractivity contribution is 6.31. The Hall–Kier alpha value is -0.490. The Labute approximate surface area is 74.6 Å². The molecule has 0 amide bonds. The predicted octanol–water partition coefficient (Wildman–Crippen LogP) is 3.77. The van der Waals surface area contributed by atoms with Gasteiger partial charge in [0.1, 0.15) is 0 Å². The summed E-state index contributed by atoms with van der Waals surface area (Å²) in [6, 6.07) is 4.03. The highest BCUT2D eigenvalue weighted by Crippen LogP contribution is 2.26. The van der Waals surface area contributed by atoms with Gasteiger partial charge in [0.2, 0.25) is 0 Å². The minimum absolute atomic E-state index is 0.429. The van der Waals surface area contributed by atoms with Gasteiger partial charge in [0, 0.05) is 5.02 Å². The normalized spacial score (nSPS) is 11.9. The Morgan fingerprint density at radius 1 is 1.45 bits per heavy atom. The molecule has 1 aromatic carbocycles. The van der Waals surface area contributed by atoms with Gasteiger partial charge < -0.3 is 0 Å². The number of halogens is 1. The molecule has 0 N–H and O–H groups in total. The van der Waals surface area contributed by atoms with Gasteiger partial charge in [0.25, 0.3) is 0 Å². The lowest BCUT2D eigenvalue weighted by atomic mass is 9.98. The van der Waals surface area contributed by atoms with Crippen LogP contribution in [-0.4, -0.2) is 0 Å². The van der Waals surface area contributed by atoms with Crippen molar-refractivity contribution in [2.24, 2.45) is 0 Å². The van der Waals surface area contributed by atoms with E-state index in [-0.39, 0.29) is 0 Å². The van der Waals surface area contributed by atoms with E-state index in [1.165, 1.54) is 0 Å². The van der Waals surface area contributed by atoms with Crippen LogP contribution in [-0.2, 0) is 0 Å². The fourth-order valence-electron chi connectivity index (χ4n) is 1.31. The molecule has 0 nitrogen and oxygen atoms in total. The van der Waals surface area contributed by atoms with Crippen molar-refractivity contribution >= 4 is 11.6 Å². The second kappa shape index (κ2) is 3.27. The number of rotatable bonds is 1. The molecule has 0 aromatic heterocycles. The molecule has 0 bridgehead atoms. The molecule has 11 heavy (non-hydrogen) atoms. The molecule has 0 fully saturated rings. The van der Waals surface area contributed by atoms with Crippen LogP contribution < -0.4 is 0 Å². The van der Waals surface area contributed by atoms with E-state index < -0.39 is 0 Å². The van der Waals surface area contributed by atoms with Crippen LogP contribution in [0.4, 0.5) is 0 Å². The van der Waals surface area contributed by atoms with E-state index in [4.69, 9.17) is 13.0 Å². The Morgan fingerprint density at radius 3 is 2.55 bits per heavy atom. The molecule has 0 saturated heterocycles. The summed E-state index contributed by atoms with van der Waals surface area (Å²) in [6.45, 7) is 6.22. The fourth-order valence-corrected chi connectivity index (χ4v) is 1.75. The molecule has 1 heteroatoms. The van der Waals surface area contributed by atoms with Crippen LogP contribution in [0.15, 0.2) is 18.2 Å². The molecule has 1 rings (SSSR count). The van der Waals surface area contributed by atoms with Crippen LogP contribution in [0.1, 0.15) is 32.3 Å². The predicted molar refractivity (Wildman–Crippen MR) is 50.3 cm³/mol. The Balaban J connectivity index is 3.28. The topological polar surface area (TPSA) is 0 Å². The second-order valence-electron chi connectivity index (χ2n) is 3.05. The third kappa shape index (κ3) is 1.75. The van der Waals surface area contributed by atoms with Crippen LogP contribution >= 0.6 is 11.6 Å². The first-order chi connectivity index (χ1) is 5.52. The Bertz CT molecular complexity index is 269. The van der Waals surface area contributed by atoms with E-state index in [1.807, 2.05) is 13.0 Å². The maximum Gasteiger partial charge on any atom is 0.0623 e. The first kappa shape index (κ1) is 7.17. The van der Waals surface area contributed by atoms with Crippen LogP contribution in [0.5, 0.6) is 0 Å². The summed E-state index contributed by atoms with van der Waals surface area (Å²) in [5, 5.41) is 0.718. The average Bonchev–Trinajstić information content (AvgIpc) is 1.82. The lowest BCUT2D eigenvalue weighted by molar-refractivity contribution is 0.857. The van der Waals surface area contributed by atoms with E-state index in [1.54, 1.807) is 6.07 Å². The summed E-state index contributed by atoms with van der Waals surface area (Å²) in [7, 11) is 0.